The van der Waals surface area contributed by atoms with E-state index in [0.29, 0.717) is 22.7 Å². The molecule has 1 aromatic rings. The predicted octanol–water partition coefficient (Wildman–Crippen LogP) is 5.76. The number of hydrogen-bond acceptors (Lipinski definition) is 3. The van der Waals surface area contributed by atoms with Crippen molar-refractivity contribution in [3.63, 3.8) is 0 Å². The van der Waals surface area contributed by atoms with Crippen LogP contribution in [0, 0.1) is 0 Å². The standard InChI is InChI=1S/C24H41NO2Si/c1-19(2)28(20(3)4,21(5)6)27-16-15-23-13-10-14-24(18-26)25(23)17-22-11-8-7-9-12-22/h7-13,19-21,23-24,26H,14-18H2,1-6H3/t23-,24+/m1/s1. The van der Waals surface area contributed by atoms with Gasteiger partial charge in [0.15, 0.2) is 8.32 Å². The average Bonchev–Trinajstić information content (AvgIpc) is 2.66. The first kappa shape index (κ1) is 23.3. The van der Waals surface area contributed by atoms with Gasteiger partial charge in [0.1, 0.15) is 0 Å². The summed E-state index contributed by atoms with van der Waals surface area (Å²) in [7, 11) is -1.83. The van der Waals surface area contributed by atoms with Crippen molar-refractivity contribution in [3.8, 4) is 0 Å². The first-order chi connectivity index (χ1) is 13.3. The van der Waals surface area contributed by atoms with Crippen molar-refractivity contribution in [1.82, 2.24) is 4.90 Å². The summed E-state index contributed by atoms with van der Waals surface area (Å²) in [4.78, 5) is 2.46. The summed E-state index contributed by atoms with van der Waals surface area (Å²) in [6.45, 7) is 15.9. The Kier molecular flexibility index (Phi) is 8.94. The van der Waals surface area contributed by atoms with Gasteiger partial charge in [-0.3, -0.25) is 4.90 Å². The fraction of sp³-hybridized carbons (Fsp3) is 0.667. The molecule has 1 aromatic carbocycles. The third-order valence-corrected chi connectivity index (χ3v) is 12.7. The monoisotopic (exact) mass is 403 g/mol. The molecule has 0 saturated heterocycles. The molecule has 1 heterocycles. The molecule has 2 rings (SSSR count). The highest BCUT2D eigenvalue weighted by Gasteiger charge is 2.45. The van der Waals surface area contributed by atoms with Gasteiger partial charge in [0.05, 0.1) is 6.61 Å². The van der Waals surface area contributed by atoms with Crippen LogP contribution >= 0.6 is 0 Å². The zero-order valence-electron chi connectivity index (χ0n) is 18.8. The van der Waals surface area contributed by atoms with Crippen LogP contribution in [0.5, 0.6) is 0 Å². The minimum atomic E-state index is -1.83. The summed E-state index contributed by atoms with van der Waals surface area (Å²) in [5.74, 6) is 0. The molecule has 0 radical (unpaired) electrons. The number of benzene rings is 1. The second kappa shape index (κ2) is 10.7. The first-order valence-electron chi connectivity index (χ1n) is 11.0. The van der Waals surface area contributed by atoms with E-state index in [2.05, 4.69) is 88.9 Å². The number of aliphatic hydroxyl groups is 1. The maximum Gasteiger partial charge on any atom is 0.200 e. The van der Waals surface area contributed by atoms with E-state index in [9.17, 15) is 5.11 Å². The lowest BCUT2D eigenvalue weighted by molar-refractivity contribution is 0.0752. The molecular formula is C24H41NO2Si. The molecule has 0 spiro atoms. The van der Waals surface area contributed by atoms with Gasteiger partial charge < -0.3 is 9.53 Å². The number of hydrogen-bond donors (Lipinski definition) is 1. The van der Waals surface area contributed by atoms with Crippen LogP contribution < -0.4 is 0 Å². The Bertz CT molecular complexity index is 578. The van der Waals surface area contributed by atoms with E-state index in [1.807, 2.05) is 0 Å². The molecule has 3 nitrogen and oxygen atoms in total. The van der Waals surface area contributed by atoms with Crippen LogP contribution in [0.25, 0.3) is 0 Å². The van der Waals surface area contributed by atoms with Crippen molar-refractivity contribution in [2.45, 2.75) is 89.6 Å². The quantitative estimate of drug-likeness (QED) is 0.398. The van der Waals surface area contributed by atoms with Gasteiger partial charge in [0.25, 0.3) is 0 Å². The minimum Gasteiger partial charge on any atom is -0.416 e. The van der Waals surface area contributed by atoms with Crippen LogP contribution in [-0.2, 0) is 11.0 Å². The maximum absolute atomic E-state index is 9.93. The SMILES string of the molecule is CC(C)[Si](OCC[C@H]1C=CC[C@@H](CO)N1Cc1ccccc1)(C(C)C)C(C)C. The third kappa shape index (κ3) is 5.35. The van der Waals surface area contributed by atoms with Gasteiger partial charge in [-0.25, -0.2) is 0 Å². The van der Waals surface area contributed by atoms with Crippen LogP contribution in [0.4, 0.5) is 0 Å². The number of aliphatic hydroxyl groups excluding tert-OH is 1. The van der Waals surface area contributed by atoms with Crippen molar-refractivity contribution in [2.75, 3.05) is 13.2 Å². The highest BCUT2D eigenvalue weighted by Crippen LogP contribution is 2.42. The van der Waals surface area contributed by atoms with Crippen molar-refractivity contribution in [1.29, 1.82) is 0 Å². The van der Waals surface area contributed by atoms with Gasteiger partial charge >= 0.3 is 0 Å². The fourth-order valence-corrected chi connectivity index (χ4v) is 10.7. The summed E-state index contributed by atoms with van der Waals surface area (Å²) < 4.78 is 6.80. The molecule has 0 unspecified atom stereocenters. The summed E-state index contributed by atoms with van der Waals surface area (Å²) >= 11 is 0. The van der Waals surface area contributed by atoms with E-state index in [0.717, 1.165) is 26.0 Å². The normalized spacial score (nSPS) is 21.2. The fourth-order valence-electron chi connectivity index (χ4n) is 5.25. The van der Waals surface area contributed by atoms with Crippen LogP contribution in [0.15, 0.2) is 42.5 Å². The Balaban J connectivity index is 2.09. The third-order valence-electron chi connectivity index (χ3n) is 6.55. The van der Waals surface area contributed by atoms with Crippen molar-refractivity contribution >= 4 is 8.32 Å². The van der Waals surface area contributed by atoms with Crippen LogP contribution in [0.3, 0.4) is 0 Å². The van der Waals surface area contributed by atoms with E-state index < -0.39 is 8.32 Å². The second-order valence-electron chi connectivity index (χ2n) is 9.18. The largest absolute Gasteiger partial charge is 0.416 e. The van der Waals surface area contributed by atoms with Gasteiger partial charge in [-0.05, 0) is 35.0 Å². The van der Waals surface area contributed by atoms with E-state index in [4.69, 9.17) is 4.43 Å². The molecule has 0 fully saturated rings. The molecular weight excluding hydrogens is 362 g/mol. The molecule has 1 aliphatic heterocycles. The van der Waals surface area contributed by atoms with Gasteiger partial charge in [-0.2, -0.15) is 0 Å². The molecule has 1 N–H and O–H groups in total. The molecule has 0 aliphatic carbocycles. The molecule has 4 heteroatoms. The van der Waals surface area contributed by atoms with Gasteiger partial charge in [-0.1, -0.05) is 84.0 Å². The van der Waals surface area contributed by atoms with Crippen molar-refractivity contribution < 1.29 is 9.53 Å². The first-order valence-corrected chi connectivity index (χ1v) is 13.2. The Morgan fingerprint density at radius 2 is 1.64 bits per heavy atom. The maximum atomic E-state index is 9.93. The molecule has 158 valence electrons. The minimum absolute atomic E-state index is 0.192. The number of nitrogens with zero attached hydrogens (tertiary/aromatic N) is 1. The highest BCUT2D eigenvalue weighted by molar-refractivity contribution is 6.77. The van der Waals surface area contributed by atoms with E-state index >= 15 is 0 Å². The summed E-state index contributed by atoms with van der Waals surface area (Å²) in [5, 5.41) is 9.93. The summed E-state index contributed by atoms with van der Waals surface area (Å²) in [5.41, 5.74) is 3.14. The van der Waals surface area contributed by atoms with E-state index in [1.165, 1.54) is 5.56 Å². The lowest BCUT2D eigenvalue weighted by atomic mass is 9.99. The highest BCUT2D eigenvalue weighted by atomic mass is 28.4. The Morgan fingerprint density at radius 1 is 1.04 bits per heavy atom. The molecule has 0 saturated carbocycles. The zero-order chi connectivity index (χ0) is 20.7. The van der Waals surface area contributed by atoms with Crippen molar-refractivity contribution in [3.05, 3.63) is 48.0 Å². The lowest BCUT2D eigenvalue weighted by Gasteiger charge is -2.43. The zero-order valence-corrected chi connectivity index (χ0v) is 19.8. The molecule has 1 aliphatic rings. The van der Waals surface area contributed by atoms with Gasteiger partial charge in [0.2, 0.25) is 0 Å². The van der Waals surface area contributed by atoms with Crippen LogP contribution in [-0.4, -0.2) is 43.6 Å². The predicted molar refractivity (Wildman–Crippen MR) is 122 cm³/mol. The smallest absolute Gasteiger partial charge is 0.200 e. The molecule has 0 bridgehead atoms. The lowest BCUT2D eigenvalue weighted by Crippen LogP contribution is -2.49. The average molecular weight is 404 g/mol. The van der Waals surface area contributed by atoms with E-state index in [1.54, 1.807) is 0 Å². The molecule has 0 aromatic heterocycles. The Labute approximate surface area is 173 Å². The summed E-state index contributed by atoms with van der Waals surface area (Å²) in [6.07, 6.45) is 6.47. The molecule has 28 heavy (non-hydrogen) atoms. The van der Waals surface area contributed by atoms with Crippen molar-refractivity contribution in [2.24, 2.45) is 0 Å². The van der Waals surface area contributed by atoms with E-state index in [-0.39, 0.29) is 12.6 Å². The Morgan fingerprint density at radius 3 is 2.18 bits per heavy atom. The molecule has 2 atom stereocenters. The van der Waals surface area contributed by atoms with Gasteiger partial charge in [-0.15, -0.1) is 0 Å². The Hall–Kier alpha value is -0.943. The molecule has 0 amide bonds. The van der Waals surface area contributed by atoms with Crippen LogP contribution in [0.2, 0.25) is 16.6 Å². The summed E-state index contributed by atoms with van der Waals surface area (Å²) in [6, 6.07) is 11.1. The topological polar surface area (TPSA) is 32.7 Å². The second-order valence-corrected chi connectivity index (χ2v) is 14.6. The van der Waals surface area contributed by atoms with Gasteiger partial charge in [0, 0.05) is 25.2 Å². The van der Waals surface area contributed by atoms with Crippen LogP contribution in [0.1, 0.15) is 59.9 Å². The number of rotatable bonds is 10.